The Kier molecular flexibility index (Phi) is 5.76. The Morgan fingerprint density at radius 1 is 1.12 bits per heavy atom. The van der Waals surface area contributed by atoms with Crippen LogP contribution in [0, 0.1) is 0 Å². The second-order valence-corrected chi connectivity index (χ2v) is 8.24. The number of likely N-dealkylation sites (N-methyl/N-ethyl adjacent to an activating group) is 1. The van der Waals surface area contributed by atoms with Crippen LogP contribution >= 0.6 is 0 Å². The maximum absolute atomic E-state index is 13.2. The standard InChI is InChI=1S/C25H27N3O4/c1-26(2)12-13-28-22(19-15-27(3)20-11-6-5-10-18(19)20)21(24(30)25(28)31)23(29)16-8-7-9-17(14-16)32-4/h5-11,14-15,22,29H,12-13H2,1-4H3/b23-21+. The number of aromatic nitrogens is 1. The van der Waals surface area contributed by atoms with Gasteiger partial charge in [0.15, 0.2) is 0 Å². The summed E-state index contributed by atoms with van der Waals surface area (Å²) in [6.07, 6.45) is 1.93. The number of aliphatic hydroxyl groups excluding tert-OH is 1. The minimum Gasteiger partial charge on any atom is -0.507 e. The molecular formula is C25H27N3O4. The second kappa shape index (κ2) is 8.51. The highest BCUT2D eigenvalue weighted by atomic mass is 16.5. The lowest BCUT2D eigenvalue weighted by molar-refractivity contribution is -0.140. The van der Waals surface area contributed by atoms with Crippen LogP contribution in [0.3, 0.4) is 0 Å². The number of carbonyl (C=O) groups is 2. The van der Waals surface area contributed by atoms with Crippen LogP contribution in [0.2, 0.25) is 0 Å². The molecule has 4 rings (SSSR count). The van der Waals surface area contributed by atoms with E-state index in [2.05, 4.69) is 0 Å². The van der Waals surface area contributed by atoms with E-state index in [4.69, 9.17) is 4.74 Å². The molecule has 0 spiro atoms. The van der Waals surface area contributed by atoms with E-state index in [9.17, 15) is 14.7 Å². The zero-order valence-corrected chi connectivity index (χ0v) is 18.7. The van der Waals surface area contributed by atoms with Gasteiger partial charge >= 0.3 is 0 Å². The quantitative estimate of drug-likeness (QED) is 0.367. The number of aryl methyl sites for hydroxylation is 1. The van der Waals surface area contributed by atoms with Crippen LogP contribution in [0.5, 0.6) is 5.75 Å². The van der Waals surface area contributed by atoms with Crippen LogP contribution in [-0.2, 0) is 16.6 Å². The molecule has 1 aliphatic rings. The molecule has 2 heterocycles. The predicted molar refractivity (Wildman–Crippen MR) is 123 cm³/mol. The predicted octanol–water partition coefficient (Wildman–Crippen LogP) is 3.17. The van der Waals surface area contributed by atoms with Crippen LogP contribution in [-0.4, -0.2) is 65.5 Å². The number of rotatable bonds is 6. The normalized spacial score (nSPS) is 18.2. The van der Waals surface area contributed by atoms with E-state index in [1.807, 2.05) is 61.1 Å². The molecule has 1 unspecified atom stereocenters. The van der Waals surface area contributed by atoms with Gasteiger partial charge in [-0.15, -0.1) is 0 Å². The molecule has 0 aliphatic carbocycles. The molecule has 1 atom stereocenters. The number of ether oxygens (including phenoxy) is 1. The number of ketones is 1. The average molecular weight is 434 g/mol. The van der Waals surface area contributed by atoms with Crippen molar-refractivity contribution in [2.24, 2.45) is 7.05 Å². The molecule has 1 aromatic heterocycles. The van der Waals surface area contributed by atoms with Gasteiger partial charge in [0.25, 0.3) is 11.7 Å². The van der Waals surface area contributed by atoms with Gasteiger partial charge in [-0.2, -0.15) is 0 Å². The number of nitrogens with zero attached hydrogens (tertiary/aromatic N) is 3. The number of likely N-dealkylation sites (tertiary alicyclic amines) is 1. The third-order valence-corrected chi connectivity index (χ3v) is 5.89. The number of hydrogen-bond acceptors (Lipinski definition) is 5. The number of hydrogen-bond donors (Lipinski definition) is 1. The molecule has 1 aliphatic heterocycles. The van der Waals surface area contributed by atoms with Gasteiger partial charge in [-0.1, -0.05) is 30.3 Å². The first-order valence-electron chi connectivity index (χ1n) is 10.4. The molecule has 0 bridgehead atoms. The molecule has 1 amide bonds. The van der Waals surface area contributed by atoms with Crippen molar-refractivity contribution in [1.82, 2.24) is 14.4 Å². The molecule has 0 radical (unpaired) electrons. The van der Waals surface area contributed by atoms with Crippen molar-refractivity contribution in [3.63, 3.8) is 0 Å². The first-order chi connectivity index (χ1) is 15.3. The number of para-hydroxylation sites is 1. The van der Waals surface area contributed by atoms with Crippen molar-refractivity contribution >= 4 is 28.4 Å². The molecule has 3 aromatic rings. The number of carbonyl (C=O) groups excluding carboxylic acids is 2. The Morgan fingerprint density at radius 3 is 2.59 bits per heavy atom. The van der Waals surface area contributed by atoms with E-state index >= 15 is 0 Å². The topological polar surface area (TPSA) is 75.0 Å². The summed E-state index contributed by atoms with van der Waals surface area (Å²) in [4.78, 5) is 29.8. The largest absolute Gasteiger partial charge is 0.507 e. The lowest BCUT2D eigenvalue weighted by atomic mass is 9.95. The molecule has 0 saturated carbocycles. The molecule has 1 fully saturated rings. The van der Waals surface area contributed by atoms with Crippen LogP contribution in [0.4, 0.5) is 0 Å². The van der Waals surface area contributed by atoms with E-state index in [1.54, 1.807) is 29.2 Å². The van der Waals surface area contributed by atoms with E-state index in [1.165, 1.54) is 7.11 Å². The number of benzene rings is 2. The monoisotopic (exact) mass is 433 g/mol. The summed E-state index contributed by atoms with van der Waals surface area (Å²) in [7, 11) is 7.30. The number of aliphatic hydroxyl groups is 1. The lowest BCUT2D eigenvalue weighted by Gasteiger charge is -2.26. The maximum atomic E-state index is 13.2. The summed E-state index contributed by atoms with van der Waals surface area (Å²) in [5, 5.41) is 12.2. The highest BCUT2D eigenvalue weighted by Crippen LogP contribution is 2.42. The fraction of sp³-hybridized carbons (Fsp3) is 0.280. The van der Waals surface area contributed by atoms with Gasteiger partial charge < -0.3 is 24.2 Å². The van der Waals surface area contributed by atoms with Gasteiger partial charge in [0.1, 0.15) is 11.5 Å². The Hall–Kier alpha value is -3.58. The van der Waals surface area contributed by atoms with Crippen molar-refractivity contribution in [3.8, 4) is 5.75 Å². The van der Waals surface area contributed by atoms with Crippen molar-refractivity contribution < 1.29 is 19.4 Å². The first kappa shape index (κ1) is 21.6. The highest BCUT2D eigenvalue weighted by molar-refractivity contribution is 6.46. The fourth-order valence-corrected chi connectivity index (χ4v) is 4.26. The van der Waals surface area contributed by atoms with Gasteiger partial charge in [-0.3, -0.25) is 9.59 Å². The van der Waals surface area contributed by atoms with Gasteiger partial charge in [0, 0.05) is 48.4 Å². The van der Waals surface area contributed by atoms with Crippen molar-refractivity contribution in [2.45, 2.75) is 6.04 Å². The summed E-state index contributed by atoms with van der Waals surface area (Å²) in [5.41, 5.74) is 2.33. The molecule has 7 heteroatoms. The summed E-state index contributed by atoms with van der Waals surface area (Å²) in [5.74, 6) is -0.929. The fourth-order valence-electron chi connectivity index (χ4n) is 4.26. The Morgan fingerprint density at radius 2 is 1.88 bits per heavy atom. The number of Topliss-reactive ketones (excluding diaryl/α,β-unsaturated/α-hetero) is 1. The zero-order valence-electron chi connectivity index (χ0n) is 18.7. The van der Waals surface area contributed by atoms with Gasteiger partial charge in [-0.05, 0) is 32.3 Å². The van der Waals surface area contributed by atoms with E-state index in [0.717, 1.165) is 16.5 Å². The second-order valence-electron chi connectivity index (χ2n) is 8.24. The third kappa shape index (κ3) is 3.65. The van der Waals surface area contributed by atoms with E-state index < -0.39 is 17.7 Å². The minimum absolute atomic E-state index is 0.0957. The molecule has 2 aromatic carbocycles. The molecule has 32 heavy (non-hydrogen) atoms. The van der Waals surface area contributed by atoms with Crippen LogP contribution < -0.4 is 4.74 Å². The highest BCUT2D eigenvalue weighted by Gasteiger charge is 2.46. The Labute approximate surface area is 187 Å². The number of methoxy groups -OCH3 is 1. The van der Waals surface area contributed by atoms with Crippen LogP contribution in [0.15, 0.2) is 60.3 Å². The Balaban J connectivity index is 1.94. The lowest BCUT2D eigenvalue weighted by Crippen LogP contribution is -2.35. The Bertz CT molecular complexity index is 1220. The first-order valence-corrected chi connectivity index (χ1v) is 10.4. The molecule has 166 valence electrons. The summed E-state index contributed by atoms with van der Waals surface area (Å²) in [6.45, 7) is 0.952. The number of fused-ring (bicyclic) bond motifs is 1. The molecular weight excluding hydrogens is 406 g/mol. The van der Waals surface area contributed by atoms with Gasteiger partial charge in [0.05, 0.1) is 18.7 Å². The summed E-state index contributed by atoms with van der Waals surface area (Å²) < 4.78 is 7.24. The van der Waals surface area contributed by atoms with Crippen LogP contribution in [0.1, 0.15) is 17.2 Å². The van der Waals surface area contributed by atoms with Gasteiger partial charge in [-0.25, -0.2) is 0 Å². The minimum atomic E-state index is -0.688. The SMILES string of the molecule is COc1cccc(/C(O)=C2\C(=O)C(=O)N(CCN(C)C)C2c2cn(C)c3ccccc23)c1. The number of amides is 1. The van der Waals surface area contributed by atoms with Crippen molar-refractivity contribution in [3.05, 3.63) is 71.4 Å². The molecule has 1 saturated heterocycles. The molecule has 1 N–H and O–H groups in total. The van der Waals surface area contributed by atoms with E-state index in [0.29, 0.717) is 24.4 Å². The van der Waals surface area contributed by atoms with Crippen LogP contribution in [0.25, 0.3) is 16.7 Å². The van der Waals surface area contributed by atoms with Gasteiger partial charge in [0.2, 0.25) is 0 Å². The third-order valence-electron chi connectivity index (χ3n) is 5.89. The van der Waals surface area contributed by atoms with Crippen molar-refractivity contribution in [2.75, 3.05) is 34.3 Å². The zero-order chi connectivity index (χ0) is 23.0. The smallest absolute Gasteiger partial charge is 0.295 e. The van der Waals surface area contributed by atoms with Crippen molar-refractivity contribution in [1.29, 1.82) is 0 Å². The molecule has 7 nitrogen and oxygen atoms in total. The average Bonchev–Trinajstić information content (AvgIpc) is 3.25. The van der Waals surface area contributed by atoms with E-state index in [-0.39, 0.29) is 11.3 Å². The summed E-state index contributed by atoms with van der Waals surface area (Å²) >= 11 is 0. The maximum Gasteiger partial charge on any atom is 0.295 e. The summed E-state index contributed by atoms with van der Waals surface area (Å²) in [6, 6.07) is 14.0.